The number of aromatic nitrogens is 1. The molecule has 2 rings (SSSR count). The number of nitrogens with zero attached hydrogens (tertiary/aromatic N) is 1. The molecule has 0 amide bonds. The molecule has 2 aromatic rings. The van der Waals surface area contributed by atoms with Crippen LogP contribution >= 0.6 is 27.3 Å². The van der Waals surface area contributed by atoms with Crippen molar-refractivity contribution < 1.29 is 12.8 Å². The lowest BCUT2D eigenvalue weighted by atomic mass is 10.3. The fourth-order valence-corrected chi connectivity index (χ4v) is 4.00. The van der Waals surface area contributed by atoms with Crippen molar-refractivity contribution in [2.45, 2.75) is 18.2 Å². The highest BCUT2D eigenvalue weighted by atomic mass is 79.9. The molecule has 0 saturated heterocycles. The van der Waals surface area contributed by atoms with Crippen molar-refractivity contribution >= 4 is 43.0 Å². The zero-order valence-electron chi connectivity index (χ0n) is 11.1. The lowest BCUT2D eigenvalue weighted by molar-refractivity contribution is 0.580. The fraction of sp³-hybridized carbons (Fsp3) is 0.250. The van der Waals surface area contributed by atoms with Gasteiger partial charge < -0.3 is 5.73 Å². The average molecular weight is 394 g/mol. The smallest absolute Gasteiger partial charge is 0.242 e. The van der Waals surface area contributed by atoms with E-state index in [0.29, 0.717) is 6.42 Å². The van der Waals surface area contributed by atoms with Crippen molar-refractivity contribution in [3.05, 3.63) is 38.5 Å². The van der Waals surface area contributed by atoms with Gasteiger partial charge in [0.2, 0.25) is 10.0 Å². The Morgan fingerprint density at radius 2 is 2.19 bits per heavy atom. The maximum absolute atomic E-state index is 13.3. The molecule has 1 heterocycles. The Kier molecular flexibility index (Phi) is 4.97. The molecule has 0 aliphatic carbocycles. The Morgan fingerprint density at radius 3 is 2.81 bits per heavy atom. The van der Waals surface area contributed by atoms with Crippen LogP contribution < -0.4 is 10.5 Å². The molecule has 9 heteroatoms. The topological polar surface area (TPSA) is 85.1 Å². The van der Waals surface area contributed by atoms with E-state index in [1.807, 2.05) is 12.3 Å². The molecule has 0 aliphatic heterocycles. The van der Waals surface area contributed by atoms with E-state index in [1.54, 1.807) is 0 Å². The molecule has 3 N–H and O–H groups in total. The van der Waals surface area contributed by atoms with Crippen molar-refractivity contribution in [2.75, 3.05) is 12.3 Å². The summed E-state index contributed by atoms with van der Waals surface area (Å²) in [5.41, 5.74) is 6.27. The van der Waals surface area contributed by atoms with Crippen LogP contribution in [0.15, 0.2) is 26.9 Å². The first-order valence-electron chi connectivity index (χ1n) is 5.95. The Bertz CT molecular complexity index is 762. The van der Waals surface area contributed by atoms with Crippen molar-refractivity contribution in [1.29, 1.82) is 0 Å². The summed E-state index contributed by atoms with van der Waals surface area (Å²) < 4.78 is 40.1. The van der Waals surface area contributed by atoms with Crippen LogP contribution in [0.1, 0.15) is 10.7 Å². The summed E-state index contributed by atoms with van der Waals surface area (Å²) in [5, 5.41) is 2.81. The molecule has 21 heavy (non-hydrogen) atoms. The Morgan fingerprint density at radius 1 is 1.48 bits per heavy atom. The molecule has 1 aromatic carbocycles. The molecular weight excluding hydrogens is 381 g/mol. The zero-order valence-corrected chi connectivity index (χ0v) is 14.3. The SMILES string of the molecule is Cc1nc(CCNS(=O)(=O)c2cc(Br)c(F)cc2N)cs1. The van der Waals surface area contributed by atoms with Gasteiger partial charge in [0.1, 0.15) is 10.7 Å². The maximum Gasteiger partial charge on any atom is 0.242 e. The molecule has 0 bridgehead atoms. The number of rotatable bonds is 5. The van der Waals surface area contributed by atoms with Gasteiger partial charge in [0, 0.05) is 18.3 Å². The number of halogens is 2. The molecule has 5 nitrogen and oxygen atoms in total. The molecule has 0 fully saturated rings. The van der Waals surface area contributed by atoms with E-state index in [-0.39, 0.29) is 21.6 Å². The van der Waals surface area contributed by atoms with Crippen LogP contribution in [-0.2, 0) is 16.4 Å². The van der Waals surface area contributed by atoms with Gasteiger partial charge in [-0.15, -0.1) is 11.3 Å². The van der Waals surface area contributed by atoms with Gasteiger partial charge in [0.05, 0.1) is 20.9 Å². The van der Waals surface area contributed by atoms with Gasteiger partial charge in [0.25, 0.3) is 0 Å². The second-order valence-electron chi connectivity index (χ2n) is 4.31. The quantitative estimate of drug-likeness (QED) is 0.763. The summed E-state index contributed by atoms with van der Waals surface area (Å²) in [6.07, 6.45) is 0.478. The normalized spacial score (nSPS) is 11.8. The lowest BCUT2D eigenvalue weighted by Gasteiger charge is -2.09. The van der Waals surface area contributed by atoms with Crippen LogP contribution in [0.3, 0.4) is 0 Å². The van der Waals surface area contributed by atoms with E-state index in [9.17, 15) is 12.8 Å². The number of anilines is 1. The number of aryl methyl sites for hydroxylation is 1. The van der Waals surface area contributed by atoms with Gasteiger partial charge in [-0.3, -0.25) is 0 Å². The van der Waals surface area contributed by atoms with Gasteiger partial charge in [-0.25, -0.2) is 22.5 Å². The summed E-state index contributed by atoms with van der Waals surface area (Å²) in [6.45, 7) is 2.08. The van der Waals surface area contributed by atoms with Crippen LogP contribution in [0.25, 0.3) is 0 Å². The van der Waals surface area contributed by atoms with Gasteiger partial charge >= 0.3 is 0 Å². The molecule has 0 unspecified atom stereocenters. The van der Waals surface area contributed by atoms with Crippen LogP contribution in [0.4, 0.5) is 10.1 Å². The summed E-state index contributed by atoms with van der Waals surface area (Å²) in [5.74, 6) is -0.607. The number of sulfonamides is 1. The summed E-state index contributed by atoms with van der Waals surface area (Å²) >= 11 is 4.46. The van der Waals surface area contributed by atoms with Gasteiger partial charge in [-0.05, 0) is 35.0 Å². The van der Waals surface area contributed by atoms with Gasteiger partial charge in [0.15, 0.2) is 0 Å². The second kappa shape index (κ2) is 6.39. The second-order valence-corrected chi connectivity index (χ2v) is 7.96. The van der Waals surface area contributed by atoms with Crippen LogP contribution in [-0.4, -0.2) is 19.9 Å². The molecular formula is C12H13BrFN3O2S2. The molecule has 0 saturated carbocycles. The highest BCUT2D eigenvalue weighted by Gasteiger charge is 2.19. The third-order valence-electron chi connectivity index (χ3n) is 2.68. The number of hydrogen-bond acceptors (Lipinski definition) is 5. The van der Waals surface area contributed by atoms with E-state index >= 15 is 0 Å². The third-order valence-corrected chi connectivity index (χ3v) is 5.63. The highest BCUT2D eigenvalue weighted by molar-refractivity contribution is 9.10. The molecule has 1 aromatic heterocycles. The summed E-state index contributed by atoms with van der Waals surface area (Å²) in [7, 11) is -3.79. The minimum absolute atomic E-state index is 0.0483. The number of nitrogens with two attached hydrogens (primary N) is 1. The summed E-state index contributed by atoms with van der Waals surface area (Å²) in [4.78, 5) is 4.10. The maximum atomic E-state index is 13.3. The predicted molar refractivity (Wildman–Crippen MR) is 84.3 cm³/mol. The van der Waals surface area contributed by atoms with Crippen molar-refractivity contribution in [3.8, 4) is 0 Å². The van der Waals surface area contributed by atoms with Gasteiger partial charge in [-0.1, -0.05) is 0 Å². The first-order valence-corrected chi connectivity index (χ1v) is 9.10. The molecule has 114 valence electrons. The molecule has 0 atom stereocenters. The number of nitrogens with one attached hydrogen (secondary N) is 1. The van der Waals surface area contributed by atoms with Gasteiger partial charge in [-0.2, -0.15) is 0 Å². The lowest BCUT2D eigenvalue weighted by Crippen LogP contribution is -2.27. The van der Waals surface area contributed by atoms with E-state index in [2.05, 4.69) is 25.6 Å². The number of thiazole rings is 1. The standard InChI is InChI=1S/C12H13BrFN3O2S2/c1-7-17-8(6-20-7)2-3-16-21(18,19)12-4-9(13)10(14)5-11(12)15/h4-6,16H,2-3,15H2,1H3. The molecule has 0 aliphatic rings. The third kappa shape index (κ3) is 4.00. The van der Waals surface area contributed by atoms with Crippen molar-refractivity contribution in [2.24, 2.45) is 0 Å². The number of hydrogen-bond donors (Lipinski definition) is 2. The monoisotopic (exact) mass is 393 g/mol. The van der Waals surface area contributed by atoms with E-state index < -0.39 is 15.8 Å². The highest BCUT2D eigenvalue weighted by Crippen LogP contribution is 2.25. The number of benzene rings is 1. The minimum atomic E-state index is -3.79. The summed E-state index contributed by atoms with van der Waals surface area (Å²) in [6, 6.07) is 2.13. The first kappa shape index (κ1) is 16.3. The van der Waals surface area contributed by atoms with E-state index in [4.69, 9.17) is 5.73 Å². The first-order chi connectivity index (χ1) is 9.79. The van der Waals surface area contributed by atoms with Crippen molar-refractivity contribution in [1.82, 2.24) is 9.71 Å². The largest absolute Gasteiger partial charge is 0.398 e. The fourth-order valence-electron chi connectivity index (χ4n) is 1.69. The molecule has 0 spiro atoms. The van der Waals surface area contributed by atoms with Crippen LogP contribution in [0.5, 0.6) is 0 Å². The minimum Gasteiger partial charge on any atom is -0.398 e. The Labute approximate surface area is 134 Å². The Hall–Kier alpha value is -1.03. The van der Waals surface area contributed by atoms with E-state index in [1.165, 1.54) is 11.3 Å². The predicted octanol–water partition coefficient (Wildman–Crippen LogP) is 2.46. The van der Waals surface area contributed by atoms with Crippen LogP contribution in [0, 0.1) is 12.7 Å². The van der Waals surface area contributed by atoms with Crippen LogP contribution in [0.2, 0.25) is 0 Å². The average Bonchev–Trinajstić information content (AvgIpc) is 2.79. The Balaban J connectivity index is 2.10. The zero-order chi connectivity index (χ0) is 15.6. The van der Waals surface area contributed by atoms with Crippen molar-refractivity contribution in [3.63, 3.8) is 0 Å². The number of nitrogen functional groups attached to an aromatic ring is 1. The molecule has 0 radical (unpaired) electrons. The van der Waals surface area contributed by atoms with E-state index in [0.717, 1.165) is 22.8 Å².